The molecule has 2 heterocycles. The summed E-state index contributed by atoms with van der Waals surface area (Å²) < 4.78 is 12.7. The highest BCUT2D eigenvalue weighted by Gasteiger charge is 2.47. The average molecular weight is 491 g/mol. The number of aliphatic hydroxyl groups is 1. The normalized spacial score (nSPS) is 17.2. The number of aromatic nitrogens is 2. The Bertz CT molecular complexity index is 1310. The number of benzene rings is 2. The predicted molar refractivity (Wildman–Crippen MR) is 135 cm³/mol. The van der Waals surface area contributed by atoms with Crippen LogP contribution < -0.4 is 9.47 Å². The molecule has 1 aliphatic heterocycles. The molecule has 188 valence electrons. The first-order chi connectivity index (χ1) is 17.3. The Morgan fingerprint density at radius 2 is 1.81 bits per heavy atom. The number of hydrogen-bond acceptors (Lipinski definition) is 7. The minimum absolute atomic E-state index is 0.0129. The van der Waals surface area contributed by atoms with Crippen LogP contribution in [0.3, 0.4) is 0 Å². The molecule has 1 N–H and O–H groups in total. The summed E-state index contributed by atoms with van der Waals surface area (Å²) in [6.45, 7) is 2.61. The van der Waals surface area contributed by atoms with Crippen molar-refractivity contribution in [3.05, 3.63) is 77.1 Å². The third-order valence-corrected chi connectivity index (χ3v) is 6.33. The van der Waals surface area contributed by atoms with Gasteiger partial charge in [0, 0.05) is 18.7 Å². The first kappa shape index (κ1) is 25.0. The minimum atomic E-state index is -0.866. The van der Waals surface area contributed by atoms with E-state index in [1.54, 1.807) is 29.8 Å². The van der Waals surface area contributed by atoms with Crippen molar-refractivity contribution in [3.63, 3.8) is 0 Å². The number of likely N-dealkylation sites (N-methyl/N-ethyl adjacent to an activating group) is 1. The van der Waals surface area contributed by atoms with Crippen LogP contribution in [-0.4, -0.2) is 77.8 Å². The lowest BCUT2D eigenvalue weighted by atomic mass is 9.94. The molecule has 1 fully saturated rings. The van der Waals surface area contributed by atoms with Crippen LogP contribution >= 0.6 is 0 Å². The van der Waals surface area contributed by atoms with Crippen LogP contribution in [0.4, 0.5) is 0 Å². The molecule has 1 atom stereocenters. The van der Waals surface area contributed by atoms with Crippen LogP contribution in [-0.2, 0) is 9.59 Å². The Morgan fingerprint density at radius 3 is 2.44 bits per heavy atom. The smallest absolute Gasteiger partial charge is 0.295 e. The van der Waals surface area contributed by atoms with Gasteiger partial charge in [0.1, 0.15) is 17.3 Å². The molecule has 3 aromatic rings. The van der Waals surface area contributed by atoms with Crippen molar-refractivity contribution in [3.8, 4) is 17.2 Å². The fourth-order valence-corrected chi connectivity index (χ4v) is 4.41. The van der Waals surface area contributed by atoms with Gasteiger partial charge in [0.05, 0.1) is 49.0 Å². The van der Waals surface area contributed by atoms with Crippen molar-refractivity contribution in [1.82, 2.24) is 19.6 Å². The highest BCUT2D eigenvalue weighted by atomic mass is 16.5. The number of para-hydroxylation sites is 1. The van der Waals surface area contributed by atoms with Gasteiger partial charge in [0.15, 0.2) is 0 Å². The minimum Gasteiger partial charge on any atom is -0.507 e. The number of carbonyl (C=O) groups is 2. The van der Waals surface area contributed by atoms with Gasteiger partial charge in [-0.2, -0.15) is 5.10 Å². The van der Waals surface area contributed by atoms with Gasteiger partial charge in [-0.05, 0) is 51.4 Å². The molecule has 0 radical (unpaired) electrons. The Hall–Kier alpha value is -4.11. The van der Waals surface area contributed by atoms with E-state index in [0.717, 1.165) is 5.69 Å². The highest BCUT2D eigenvalue weighted by Crippen LogP contribution is 2.44. The van der Waals surface area contributed by atoms with E-state index in [1.807, 2.05) is 49.3 Å². The third-order valence-electron chi connectivity index (χ3n) is 6.33. The number of rotatable bonds is 8. The molecular weight excluding hydrogens is 460 g/mol. The van der Waals surface area contributed by atoms with Gasteiger partial charge in [-0.3, -0.25) is 9.59 Å². The van der Waals surface area contributed by atoms with Crippen molar-refractivity contribution in [2.24, 2.45) is 0 Å². The maximum Gasteiger partial charge on any atom is 0.295 e. The number of aliphatic hydroxyl groups excluding tert-OH is 1. The van der Waals surface area contributed by atoms with Gasteiger partial charge in [0.25, 0.3) is 11.7 Å². The molecule has 1 aromatic heterocycles. The van der Waals surface area contributed by atoms with Crippen molar-refractivity contribution in [2.75, 3.05) is 41.4 Å². The molecule has 36 heavy (non-hydrogen) atoms. The quantitative estimate of drug-likeness (QED) is 0.294. The van der Waals surface area contributed by atoms with Gasteiger partial charge in [-0.15, -0.1) is 0 Å². The Labute approximate surface area is 210 Å². The van der Waals surface area contributed by atoms with Crippen molar-refractivity contribution in [2.45, 2.75) is 13.0 Å². The summed E-state index contributed by atoms with van der Waals surface area (Å²) in [6.07, 6.45) is 1.50. The van der Waals surface area contributed by atoms with E-state index in [4.69, 9.17) is 9.47 Å². The fourth-order valence-electron chi connectivity index (χ4n) is 4.41. The zero-order chi connectivity index (χ0) is 26.0. The number of ketones is 1. The van der Waals surface area contributed by atoms with Gasteiger partial charge in [0.2, 0.25) is 0 Å². The summed E-state index contributed by atoms with van der Waals surface area (Å²) in [5.74, 6) is -0.707. The molecule has 0 saturated carbocycles. The topological polar surface area (TPSA) is 97.1 Å². The molecule has 1 amide bonds. The van der Waals surface area contributed by atoms with E-state index >= 15 is 0 Å². The van der Waals surface area contributed by atoms with Crippen LogP contribution in [0, 0.1) is 6.92 Å². The van der Waals surface area contributed by atoms with Crippen LogP contribution in [0.2, 0.25) is 0 Å². The number of Topliss-reactive ketones (excluding diaryl/α,β-unsaturated/α-hetero) is 1. The van der Waals surface area contributed by atoms with Crippen LogP contribution in [0.25, 0.3) is 11.4 Å². The number of likely N-dealkylation sites (tertiary alicyclic amines) is 1. The Morgan fingerprint density at radius 1 is 1.08 bits per heavy atom. The van der Waals surface area contributed by atoms with E-state index in [9.17, 15) is 14.7 Å². The van der Waals surface area contributed by atoms with Crippen LogP contribution in [0.15, 0.2) is 60.3 Å². The number of amides is 1. The fraction of sp³-hybridized carbons (Fsp3) is 0.296. The van der Waals surface area contributed by atoms with Gasteiger partial charge < -0.3 is 24.4 Å². The molecule has 1 aliphatic rings. The maximum absolute atomic E-state index is 13.4. The number of nitrogens with zero attached hydrogens (tertiary/aromatic N) is 4. The number of ether oxygens (including phenoxy) is 2. The predicted octanol–water partition coefficient (Wildman–Crippen LogP) is 3.18. The second-order valence-electron chi connectivity index (χ2n) is 8.79. The third kappa shape index (κ3) is 4.45. The lowest BCUT2D eigenvalue weighted by molar-refractivity contribution is -0.140. The van der Waals surface area contributed by atoms with Crippen LogP contribution in [0.5, 0.6) is 11.5 Å². The Balaban J connectivity index is 1.91. The zero-order valence-corrected chi connectivity index (χ0v) is 21.1. The Kier molecular flexibility index (Phi) is 7.12. The molecule has 4 rings (SSSR count). The first-order valence-corrected chi connectivity index (χ1v) is 11.5. The monoisotopic (exact) mass is 490 g/mol. The van der Waals surface area contributed by atoms with Crippen molar-refractivity contribution >= 4 is 17.4 Å². The lowest BCUT2D eigenvalue weighted by Gasteiger charge is -2.27. The number of methoxy groups -OCH3 is 2. The van der Waals surface area contributed by atoms with Gasteiger partial charge in [-0.25, -0.2) is 4.68 Å². The summed E-state index contributed by atoms with van der Waals surface area (Å²) in [4.78, 5) is 30.0. The largest absolute Gasteiger partial charge is 0.507 e. The second kappa shape index (κ2) is 10.2. The number of carbonyl (C=O) groups excluding carboxylic acids is 2. The summed E-state index contributed by atoms with van der Waals surface area (Å²) in [6, 6.07) is 13.8. The van der Waals surface area contributed by atoms with Crippen molar-refractivity contribution < 1.29 is 24.2 Å². The molecular formula is C27H30N4O5. The highest BCUT2D eigenvalue weighted by molar-refractivity contribution is 6.46. The molecule has 0 bridgehead atoms. The standard InChI is InChI=1S/C27H30N4O5/c1-17-21(16-28-31(17)18-9-7-6-8-10-18)25(32)23-24(20-15-19(35-4)11-12-22(20)36-5)30(14-13-29(2)3)27(34)26(23)33/h6-12,15-16,24,32H,13-14H2,1-5H3/t24-/m0/s1. The summed E-state index contributed by atoms with van der Waals surface area (Å²) >= 11 is 0. The molecule has 0 spiro atoms. The van der Waals surface area contributed by atoms with Crippen molar-refractivity contribution in [1.29, 1.82) is 0 Å². The van der Waals surface area contributed by atoms with Gasteiger partial charge in [-0.1, -0.05) is 18.2 Å². The molecule has 2 aromatic carbocycles. The van der Waals surface area contributed by atoms with E-state index in [-0.39, 0.29) is 17.9 Å². The maximum atomic E-state index is 13.4. The van der Waals surface area contributed by atoms with E-state index < -0.39 is 17.7 Å². The van der Waals surface area contributed by atoms with E-state index in [0.29, 0.717) is 34.9 Å². The van der Waals surface area contributed by atoms with Gasteiger partial charge >= 0.3 is 0 Å². The molecule has 0 aliphatic carbocycles. The van der Waals surface area contributed by atoms with E-state index in [2.05, 4.69) is 5.10 Å². The zero-order valence-electron chi connectivity index (χ0n) is 21.1. The molecule has 0 unspecified atom stereocenters. The van der Waals surface area contributed by atoms with E-state index in [1.165, 1.54) is 25.3 Å². The first-order valence-electron chi connectivity index (χ1n) is 11.5. The number of hydrogen-bond donors (Lipinski definition) is 1. The molecule has 9 heteroatoms. The summed E-state index contributed by atoms with van der Waals surface area (Å²) in [5.41, 5.74) is 2.35. The molecule has 9 nitrogen and oxygen atoms in total. The lowest BCUT2D eigenvalue weighted by Crippen LogP contribution is -2.35. The van der Waals surface area contributed by atoms with Crippen LogP contribution in [0.1, 0.15) is 22.9 Å². The summed E-state index contributed by atoms with van der Waals surface area (Å²) in [5, 5.41) is 15.9. The molecule has 1 saturated heterocycles. The average Bonchev–Trinajstić information content (AvgIpc) is 3.39. The SMILES string of the molecule is COc1ccc(OC)c([C@H]2C(=C(O)c3cnn(-c4ccccc4)c3C)C(=O)C(=O)N2CCN(C)C)c1. The second-order valence-corrected chi connectivity index (χ2v) is 8.79. The summed E-state index contributed by atoms with van der Waals surface area (Å²) in [7, 11) is 6.83.